The number of piperidine rings is 1. The largest absolute Gasteiger partial charge is 0.369 e. The lowest BCUT2D eigenvalue weighted by molar-refractivity contribution is -0.121. The average Bonchev–Trinajstić information content (AvgIpc) is 2.86. The molecule has 2 N–H and O–H groups in total. The number of nitrogens with one attached hydrogen (secondary N) is 2. The zero-order valence-electron chi connectivity index (χ0n) is 18.1. The number of halogens is 2. The smallest absolute Gasteiger partial charge is 0.227 e. The number of amides is 1. The first-order chi connectivity index (χ1) is 15.2. The van der Waals surface area contributed by atoms with E-state index in [4.69, 9.17) is 0 Å². The Labute approximate surface area is 209 Å². The van der Waals surface area contributed by atoms with Gasteiger partial charge in [-0.15, -0.1) is 0 Å². The minimum Gasteiger partial charge on any atom is -0.369 e. The fourth-order valence-corrected chi connectivity index (χ4v) is 4.41. The second-order valence-electron chi connectivity index (χ2n) is 8.17. The molecule has 168 valence electrons. The second kappa shape index (κ2) is 13.0. The van der Waals surface area contributed by atoms with Crippen molar-refractivity contribution in [2.24, 2.45) is 5.92 Å². The Morgan fingerprint density at radius 3 is 2.19 bits per heavy atom. The molecule has 1 atom stereocenters. The third-order valence-electron chi connectivity index (χ3n) is 6.35. The lowest BCUT2D eigenvalue weighted by atomic mass is 9.93. The molecule has 31 heavy (non-hydrogen) atoms. The highest BCUT2D eigenvalue weighted by atomic mass is 128. The van der Waals surface area contributed by atoms with Crippen LogP contribution in [-0.4, -0.2) is 50.1 Å². The number of benzene rings is 2. The van der Waals surface area contributed by atoms with Crippen molar-refractivity contribution in [3.63, 3.8) is 0 Å². The number of hydrogen-bond donors (Lipinski definition) is 2. The molecule has 2 saturated heterocycles. The SMILES string of the molecule is CC(c1ccccc1)N1CCC(C(=O)Nc2ccc(N3CCNCC3)cc2)CC1.II. The molecule has 0 radical (unpaired) electrons. The molecular formula is C24H32I2N4O. The normalized spacial score (nSPS) is 18.6. The molecule has 2 aromatic carbocycles. The summed E-state index contributed by atoms with van der Waals surface area (Å²) in [7, 11) is 0. The van der Waals surface area contributed by atoms with Crippen molar-refractivity contribution in [1.82, 2.24) is 10.2 Å². The maximum absolute atomic E-state index is 12.8. The Morgan fingerprint density at radius 2 is 1.58 bits per heavy atom. The molecule has 5 nitrogen and oxygen atoms in total. The van der Waals surface area contributed by atoms with Crippen molar-refractivity contribution < 1.29 is 4.79 Å². The van der Waals surface area contributed by atoms with Crippen LogP contribution in [-0.2, 0) is 4.79 Å². The predicted octanol–water partition coefficient (Wildman–Crippen LogP) is 5.28. The van der Waals surface area contributed by atoms with E-state index >= 15 is 0 Å². The van der Waals surface area contributed by atoms with Crippen LogP contribution in [0.2, 0.25) is 0 Å². The van der Waals surface area contributed by atoms with Crippen LogP contribution in [0.3, 0.4) is 0 Å². The Morgan fingerprint density at radius 1 is 0.968 bits per heavy atom. The lowest BCUT2D eigenvalue weighted by Gasteiger charge is -2.35. The molecule has 7 heteroatoms. The van der Waals surface area contributed by atoms with Gasteiger partial charge < -0.3 is 15.5 Å². The van der Waals surface area contributed by atoms with Gasteiger partial charge in [0.05, 0.1) is 0 Å². The van der Waals surface area contributed by atoms with Crippen LogP contribution in [0.5, 0.6) is 0 Å². The topological polar surface area (TPSA) is 47.6 Å². The number of anilines is 2. The van der Waals surface area contributed by atoms with Crippen LogP contribution in [0.15, 0.2) is 54.6 Å². The third kappa shape index (κ3) is 7.03. The van der Waals surface area contributed by atoms with Gasteiger partial charge in [0.2, 0.25) is 5.91 Å². The first-order valence-corrected chi connectivity index (χ1v) is 17.3. The quantitative estimate of drug-likeness (QED) is 0.435. The van der Waals surface area contributed by atoms with E-state index in [-0.39, 0.29) is 11.8 Å². The van der Waals surface area contributed by atoms with Crippen molar-refractivity contribution in [2.75, 3.05) is 49.5 Å². The van der Waals surface area contributed by atoms with Crippen molar-refractivity contribution in [3.8, 4) is 0 Å². The Kier molecular flexibility index (Phi) is 10.3. The number of carbonyl (C=O) groups is 1. The maximum Gasteiger partial charge on any atom is 0.227 e. The summed E-state index contributed by atoms with van der Waals surface area (Å²) < 4.78 is 0. The van der Waals surface area contributed by atoms with Gasteiger partial charge in [-0.25, -0.2) is 0 Å². The molecule has 0 bridgehead atoms. The summed E-state index contributed by atoms with van der Waals surface area (Å²) in [5.74, 6) is 0.258. The summed E-state index contributed by atoms with van der Waals surface area (Å²) in [5.41, 5.74) is 3.47. The Bertz CT molecular complexity index is 789. The molecule has 0 saturated carbocycles. The van der Waals surface area contributed by atoms with Crippen molar-refractivity contribution in [3.05, 3.63) is 60.2 Å². The standard InChI is InChI=1S/C24H32N4O.I2/c1-19(20-5-3-2-4-6-20)27-15-11-21(12-16-27)24(29)26-22-7-9-23(10-8-22)28-17-13-25-14-18-28;1-2/h2-10,19,21,25H,11-18H2,1H3,(H,26,29);. The zero-order chi connectivity index (χ0) is 22.1. The van der Waals surface area contributed by atoms with Crippen molar-refractivity contribution in [2.45, 2.75) is 25.8 Å². The van der Waals surface area contributed by atoms with E-state index in [0.29, 0.717) is 6.04 Å². The van der Waals surface area contributed by atoms with Crippen LogP contribution in [0.4, 0.5) is 11.4 Å². The molecule has 1 amide bonds. The lowest BCUT2D eigenvalue weighted by Crippen LogP contribution is -2.43. The van der Waals surface area contributed by atoms with Gasteiger partial charge in [0.25, 0.3) is 0 Å². The van der Waals surface area contributed by atoms with Crippen LogP contribution >= 0.6 is 37.2 Å². The van der Waals surface area contributed by atoms with Gasteiger partial charge >= 0.3 is 0 Å². The van der Waals surface area contributed by atoms with E-state index < -0.39 is 0 Å². The maximum atomic E-state index is 12.8. The molecule has 0 aromatic heterocycles. The minimum absolute atomic E-state index is 0.0991. The van der Waals surface area contributed by atoms with Gasteiger partial charge in [-0.2, -0.15) is 0 Å². The van der Waals surface area contributed by atoms with E-state index in [1.54, 1.807) is 0 Å². The van der Waals surface area contributed by atoms with Gasteiger partial charge in [0.1, 0.15) is 0 Å². The highest BCUT2D eigenvalue weighted by Gasteiger charge is 2.27. The van der Waals surface area contributed by atoms with Crippen molar-refractivity contribution in [1.29, 1.82) is 0 Å². The van der Waals surface area contributed by atoms with Crippen LogP contribution < -0.4 is 15.5 Å². The monoisotopic (exact) mass is 646 g/mol. The van der Waals surface area contributed by atoms with Gasteiger partial charge in [-0.1, -0.05) is 30.3 Å². The van der Waals surface area contributed by atoms with E-state index in [0.717, 1.165) is 57.8 Å². The molecule has 2 aliphatic heterocycles. The van der Waals surface area contributed by atoms with Crippen LogP contribution in [0.25, 0.3) is 0 Å². The molecular weight excluding hydrogens is 614 g/mol. The highest BCUT2D eigenvalue weighted by molar-refractivity contribution is 15.0. The van der Waals surface area contributed by atoms with E-state index in [2.05, 4.69) is 107 Å². The molecule has 0 aliphatic carbocycles. The summed E-state index contributed by atoms with van der Waals surface area (Å²) in [6.45, 7) is 8.32. The van der Waals surface area contributed by atoms with Gasteiger partial charge in [-0.3, -0.25) is 9.69 Å². The zero-order valence-corrected chi connectivity index (χ0v) is 22.4. The van der Waals surface area contributed by atoms with E-state index in [9.17, 15) is 4.79 Å². The third-order valence-corrected chi connectivity index (χ3v) is 6.35. The van der Waals surface area contributed by atoms with Gasteiger partial charge in [-0.05, 0) is 62.7 Å². The summed E-state index contributed by atoms with van der Waals surface area (Å²) in [4.78, 5) is 17.6. The van der Waals surface area contributed by atoms with E-state index in [1.807, 2.05) is 12.1 Å². The molecule has 2 aromatic rings. The summed E-state index contributed by atoms with van der Waals surface area (Å²) in [5, 5.41) is 6.50. The summed E-state index contributed by atoms with van der Waals surface area (Å²) in [6.07, 6.45) is 1.84. The second-order valence-corrected chi connectivity index (χ2v) is 8.17. The van der Waals surface area contributed by atoms with Crippen LogP contribution in [0.1, 0.15) is 31.4 Å². The number of carbonyl (C=O) groups excluding carboxylic acids is 1. The molecule has 2 fully saturated rings. The fourth-order valence-electron chi connectivity index (χ4n) is 4.41. The molecule has 2 heterocycles. The fraction of sp³-hybridized carbons (Fsp3) is 0.458. The molecule has 0 spiro atoms. The number of likely N-dealkylation sites (tertiary alicyclic amines) is 1. The van der Waals surface area contributed by atoms with Crippen molar-refractivity contribution >= 4 is 54.5 Å². The first kappa shape index (κ1) is 24.7. The number of rotatable bonds is 5. The summed E-state index contributed by atoms with van der Waals surface area (Å²) in [6, 6.07) is 19.3. The summed E-state index contributed by atoms with van der Waals surface area (Å²) >= 11 is 4.24. The van der Waals surface area contributed by atoms with E-state index in [1.165, 1.54) is 11.3 Å². The number of nitrogens with zero attached hydrogens (tertiary/aromatic N) is 2. The van der Waals surface area contributed by atoms with Gasteiger partial charge in [0, 0.05) is 86.7 Å². The Hall–Kier alpha value is -0.910. The molecule has 4 rings (SSSR count). The minimum atomic E-state index is 0.0991. The highest BCUT2D eigenvalue weighted by Crippen LogP contribution is 2.27. The van der Waals surface area contributed by atoms with Crippen LogP contribution in [0, 0.1) is 5.92 Å². The van der Waals surface area contributed by atoms with Gasteiger partial charge in [0.15, 0.2) is 0 Å². The average molecular weight is 646 g/mol. The first-order valence-electron chi connectivity index (χ1n) is 11.0. The Balaban J connectivity index is 0.00000132. The number of piperazine rings is 1. The predicted molar refractivity (Wildman–Crippen MR) is 147 cm³/mol. The molecule has 1 unspecified atom stereocenters. The number of hydrogen-bond acceptors (Lipinski definition) is 4. The molecule has 2 aliphatic rings.